The summed E-state index contributed by atoms with van der Waals surface area (Å²) in [6, 6.07) is 0. The van der Waals surface area contributed by atoms with Gasteiger partial charge in [-0.25, -0.2) is 0 Å². The van der Waals surface area contributed by atoms with Gasteiger partial charge in [0.25, 0.3) is 0 Å². The number of aliphatic hydroxyl groups excluding tert-OH is 2. The van der Waals surface area contributed by atoms with Crippen molar-refractivity contribution >= 4 is 47.4 Å². The Morgan fingerprint density at radius 3 is 0.443 bits per heavy atom. The van der Waals surface area contributed by atoms with E-state index in [1.807, 2.05) is 76.0 Å². The van der Waals surface area contributed by atoms with Gasteiger partial charge in [-0.2, -0.15) is 79.0 Å². The number of likely N-dealkylation sites (N-methyl/N-ethyl adjacent to an activating group) is 4. The average Bonchev–Trinajstić information content (AvgIpc) is 3.17. The maximum absolute atomic E-state index is 10.5. The minimum Gasteiger partial charge on any atom is -0.876 e. The largest absolute Gasteiger partial charge is 3.00 e. The van der Waals surface area contributed by atoms with Crippen LogP contribution in [0, 0.1) is 0 Å². The average molecular weight is 1630 g/mol. The molecule has 50 heteroatoms. The molecule has 0 saturated heterocycles. The molecule has 0 aromatic heterocycles. The summed E-state index contributed by atoms with van der Waals surface area (Å²) in [6.07, 6.45) is -29.1. The summed E-state index contributed by atoms with van der Waals surface area (Å²) < 4.78 is 189. The Balaban J connectivity index is -0.0000000316. The summed E-state index contributed by atoms with van der Waals surface area (Å²) in [5.41, 5.74) is 0. The molecule has 0 aliphatic carbocycles. The van der Waals surface area contributed by atoms with Crippen molar-refractivity contribution in [1.29, 1.82) is 0 Å². The molecule has 88 heavy (non-hydrogen) atoms. The monoisotopic (exact) mass is 1630 g/mol. The fourth-order valence-corrected chi connectivity index (χ4v) is 1.34. The second-order valence-electron chi connectivity index (χ2n) is 13.5. The number of nitrogens with zero attached hydrogens (tertiary/aromatic N) is 4. The van der Waals surface area contributed by atoms with Crippen LogP contribution in [0.5, 0.6) is 0 Å². The number of carboxylic acid groups (broad SMARTS) is 6. The van der Waals surface area contributed by atoms with Gasteiger partial charge < -0.3 is 121 Å². The molecule has 0 rings (SSSR count). The van der Waals surface area contributed by atoms with Crippen molar-refractivity contribution in [2.75, 3.05) is 109 Å². The van der Waals surface area contributed by atoms with Crippen LogP contribution in [-0.2, 0) is 140 Å². The zero-order chi connectivity index (χ0) is 68.2. The molecule has 26 nitrogen and oxygen atoms in total. The molecule has 0 bridgehead atoms. The van der Waals surface area contributed by atoms with Crippen molar-refractivity contribution in [3.8, 4) is 0 Å². The van der Waals surface area contributed by atoms with Gasteiger partial charge in [0.05, 0.1) is 13.2 Å². The molecule has 0 amide bonds. The first-order valence-electron chi connectivity index (χ1n) is 19.4. The van der Waals surface area contributed by atoms with Crippen LogP contribution >= 0.6 is 0 Å². The zero-order valence-electron chi connectivity index (χ0n) is 46.5. The van der Waals surface area contributed by atoms with Crippen LogP contribution < -0.4 is 51.1 Å². The Morgan fingerprint density at radius 2 is 0.443 bits per heavy atom. The number of aliphatic hydroxyl groups is 2. The maximum Gasteiger partial charge on any atom is 3.00 e. The third-order valence-electron chi connectivity index (χ3n) is 4.37. The summed E-state index contributed by atoms with van der Waals surface area (Å²) in [5, 5.41) is 108. The van der Waals surface area contributed by atoms with E-state index in [1.54, 1.807) is 0 Å². The molecular formula is C38H58Co4Cu2F18N4O22+2. The molecule has 0 heterocycles. The SMILES string of the molecule is CC(=O)/C=C(/C)[O-].CC(=O)/C=C(/C)[O-].CN(C)CCO.CN(C)CCO.CN(C)CC[O-].CN(C)CC[O-].O=C([O-])C(F)(F)F.O=C([O-])C(F)(F)F.O=C([O-])C(F)(F)F.O=C([O-])C(F)(F)F.O=C([O-])C(F)(F)F.O=C([O-])C(F)(F)F.[Co+2].[Co+2].[Co+3].[Co+3].[Cu+2].[Cu+2].[OH-].[OH-]. The van der Waals surface area contributed by atoms with E-state index in [-0.39, 0.29) is 162 Å². The van der Waals surface area contributed by atoms with Gasteiger partial charge in [0.2, 0.25) is 0 Å². The van der Waals surface area contributed by atoms with Crippen LogP contribution in [0.15, 0.2) is 23.7 Å². The predicted molar refractivity (Wildman–Crippen MR) is 217 cm³/mol. The summed E-state index contributed by atoms with van der Waals surface area (Å²) in [4.78, 5) is 80.3. The number of carboxylic acids is 6. The van der Waals surface area contributed by atoms with Crippen LogP contribution in [0.2, 0.25) is 0 Å². The van der Waals surface area contributed by atoms with Crippen molar-refractivity contribution in [2.24, 2.45) is 0 Å². The van der Waals surface area contributed by atoms with Crippen LogP contribution in [-0.4, -0.2) is 234 Å². The number of halogens is 18. The van der Waals surface area contributed by atoms with E-state index >= 15 is 0 Å². The van der Waals surface area contributed by atoms with Crippen molar-refractivity contribution in [1.82, 2.24) is 19.6 Å². The topological polar surface area (TPSA) is 481 Å². The number of aliphatic carboxylic acids is 6. The number of alkyl halides is 18. The Bertz CT molecular complexity index is 1460. The standard InChI is InChI=1S/2C5H8O2.2C4H11NO.2C4H10NO.6C2HF3O2.4Co.2Cu.2H2O/c2*1-4(6)3-5(2)7;4*1-5(2)3-4-6;6*3-2(4,5)1(6)7;;;;;;;;/h2*3,6H,1-2H3;2*6H,3-4H2,1-2H3;2*3-4H2,1-2H3;6*(H,6,7);;;;;;;2*1H2/q;;;;2*-1;;;;;;;2*+2;2*+3;2*+2;;/p-10/b2*4-3-;;;;;;;;;;;;;;;;;;. The quantitative estimate of drug-likeness (QED) is 0.0888. The molecule has 0 aromatic rings. The van der Waals surface area contributed by atoms with Crippen molar-refractivity contribution in [2.45, 2.75) is 64.8 Å². The second kappa shape index (κ2) is 79.7. The fourth-order valence-electron chi connectivity index (χ4n) is 1.34. The van der Waals surface area contributed by atoms with Crippen LogP contribution in [0.4, 0.5) is 79.0 Å². The van der Waals surface area contributed by atoms with Crippen LogP contribution in [0.1, 0.15) is 27.7 Å². The van der Waals surface area contributed by atoms with E-state index in [1.165, 1.54) is 27.7 Å². The van der Waals surface area contributed by atoms with Gasteiger partial charge in [0.15, 0.2) is 11.6 Å². The number of hydrogen-bond donors (Lipinski definition) is 2. The number of hydrogen-bond acceptors (Lipinski definition) is 26. The van der Waals surface area contributed by atoms with Gasteiger partial charge >= 0.3 is 138 Å². The Labute approximate surface area is 552 Å². The zero-order valence-corrected chi connectivity index (χ0v) is 52.5. The van der Waals surface area contributed by atoms with Gasteiger partial charge in [0, 0.05) is 13.1 Å². The van der Waals surface area contributed by atoms with Crippen molar-refractivity contribution in [3.05, 3.63) is 23.7 Å². The fraction of sp³-hybridized carbons (Fsp3) is 0.684. The minimum atomic E-state index is -5.19. The predicted octanol–water partition coefficient (Wildman–Crippen LogP) is -8.00. The van der Waals surface area contributed by atoms with Crippen molar-refractivity contribution in [3.63, 3.8) is 0 Å². The normalized spacial score (nSPS) is 9.93. The number of rotatable bonds is 10. The third-order valence-corrected chi connectivity index (χ3v) is 4.37. The van der Waals surface area contributed by atoms with Gasteiger partial charge in [-0.1, -0.05) is 13.8 Å². The molecule has 0 unspecified atom stereocenters. The number of allylic oxidation sites excluding steroid dienone is 4. The van der Waals surface area contributed by atoms with Gasteiger partial charge in [-0.3, -0.25) is 9.59 Å². The van der Waals surface area contributed by atoms with Crippen LogP contribution in [0.3, 0.4) is 0 Å². The van der Waals surface area contributed by atoms with E-state index < -0.39 is 72.9 Å². The molecule has 0 aliphatic rings. The Hall–Kier alpha value is -3.36. The molecule has 0 fully saturated rings. The van der Waals surface area contributed by atoms with E-state index in [0.29, 0.717) is 13.1 Å². The van der Waals surface area contributed by atoms with E-state index in [9.17, 15) is 109 Å². The molecular weight excluding hydrogens is 1570 g/mol. The number of carbonyl (C=O) groups is 8. The van der Waals surface area contributed by atoms with E-state index in [4.69, 9.17) is 69.6 Å². The minimum absolute atomic E-state index is 0. The molecule has 544 valence electrons. The van der Waals surface area contributed by atoms with E-state index in [0.717, 1.165) is 25.2 Å². The molecule has 0 atom stereocenters. The van der Waals surface area contributed by atoms with Crippen LogP contribution in [0.25, 0.3) is 0 Å². The van der Waals surface area contributed by atoms with Gasteiger partial charge in [-0.15, -0.1) is 24.7 Å². The summed E-state index contributed by atoms with van der Waals surface area (Å²) >= 11 is 0. The Morgan fingerprint density at radius 1 is 0.341 bits per heavy atom. The molecule has 4 N–H and O–H groups in total. The third kappa shape index (κ3) is 199. The van der Waals surface area contributed by atoms with E-state index in [2.05, 4.69) is 0 Å². The van der Waals surface area contributed by atoms with Crippen molar-refractivity contribution < 1.29 is 291 Å². The van der Waals surface area contributed by atoms with Gasteiger partial charge in [0.1, 0.15) is 35.8 Å². The Kier molecular flexibility index (Phi) is 128. The maximum atomic E-state index is 10.5. The summed E-state index contributed by atoms with van der Waals surface area (Å²) in [6.45, 7) is 8.76. The molecule has 0 saturated carbocycles. The molecule has 4 radical (unpaired) electrons. The summed E-state index contributed by atoms with van der Waals surface area (Å²) in [7, 11) is 15.3. The first-order chi connectivity index (χ1) is 35.0. The van der Waals surface area contributed by atoms with Gasteiger partial charge in [-0.05, 0) is 95.5 Å². The molecule has 0 aromatic carbocycles. The summed E-state index contributed by atoms with van der Waals surface area (Å²) in [5.74, 6) is -18.8. The molecule has 0 spiro atoms. The first kappa shape index (κ1) is 142. The number of ketones is 2. The second-order valence-corrected chi connectivity index (χ2v) is 13.5. The first-order valence-corrected chi connectivity index (χ1v) is 19.4. The number of carbonyl (C=O) groups excluding carboxylic acids is 8. The molecule has 0 aliphatic heterocycles. The smallest absolute Gasteiger partial charge is 0.876 e.